The van der Waals surface area contributed by atoms with Crippen molar-refractivity contribution >= 4 is 23.5 Å². The van der Waals surface area contributed by atoms with Crippen molar-refractivity contribution < 1.29 is 0 Å². The summed E-state index contributed by atoms with van der Waals surface area (Å²) in [5.41, 5.74) is 7.08. The van der Waals surface area contributed by atoms with Crippen molar-refractivity contribution in [3.05, 3.63) is 23.8 Å². The lowest BCUT2D eigenvalue weighted by molar-refractivity contribution is 0.979. The molecule has 1 nitrogen and oxygen atoms in total. The quantitative estimate of drug-likeness (QED) is 0.781. The van der Waals surface area contributed by atoms with E-state index in [0.717, 1.165) is 0 Å². The number of benzene rings is 1. The van der Waals surface area contributed by atoms with E-state index in [1.165, 1.54) is 27.5 Å². The van der Waals surface area contributed by atoms with Crippen LogP contribution in [0.4, 0.5) is 0 Å². The molecule has 0 heterocycles. The van der Waals surface area contributed by atoms with Crippen LogP contribution in [0.3, 0.4) is 0 Å². The minimum Gasteiger partial charge on any atom is -0.326 e. The van der Waals surface area contributed by atoms with Crippen LogP contribution >= 0.6 is 23.5 Å². The zero-order valence-corrected chi connectivity index (χ0v) is 10.4. The first kappa shape index (κ1) is 12.0. The second-order valence-electron chi connectivity index (χ2n) is 2.99. The summed E-state index contributed by atoms with van der Waals surface area (Å²) in [7, 11) is 0. The van der Waals surface area contributed by atoms with E-state index >= 15 is 0 Å². The van der Waals surface area contributed by atoms with Gasteiger partial charge in [0.05, 0.1) is 0 Å². The van der Waals surface area contributed by atoms with Crippen LogP contribution in [0.25, 0.3) is 0 Å². The molecular formula is C11H17NS2. The third kappa shape index (κ3) is 2.94. The summed E-state index contributed by atoms with van der Waals surface area (Å²) in [6.45, 7) is 2.84. The first-order valence-corrected chi connectivity index (χ1v) is 7.03. The Balaban J connectivity index is 2.90. The first-order valence-electron chi connectivity index (χ1n) is 4.82. The van der Waals surface area contributed by atoms with E-state index in [1.807, 2.05) is 11.8 Å². The standard InChI is InChI=1S/C11H17NS2/c1-3-7-14-11-6-4-5-10(13-2)9(11)8-12/h4-6H,3,7-8,12H2,1-2H3. The van der Waals surface area contributed by atoms with Gasteiger partial charge in [0.1, 0.15) is 0 Å². The Hall–Kier alpha value is -0.120. The van der Waals surface area contributed by atoms with Crippen LogP contribution in [0.1, 0.15) is 18.9 Å². The van der Waals surface area contributed by atoms with Gasteiger partial charge in [-0.3, -0.25) is 0 Å². The van der Waals surface area contributed by atoms with Crippen LogP contribution in [0, 0.1) is 0 Å². The lowest BCUT2D eigenvalue weighted by atomic mass is 10.2. The molecule has 0 fully saturated rings. The van der Waals surface area contributed by atoms with Crippen molar-refractivity contribution in [1.82, 2.24) is 0 Å². The van der Waals surface area contributed by atoms with Gasteiger partial charge in [0, 0.05) is 16.3 Å². The molecule has 0 bridgehead atoms. The average Bonchev–Trinajstić information content (AvgIpc) is 2.25. The fraction of sp³-hybridized carbons (Fsp3) is 0.455. The molecule has 1 aromatic rings. The molecule has 1 rings (SSSR count). The Morgan fingerprint density at radius 1 is 1.29 bits per heavy atom. The number of thioether (sulfide) groups is 2. The SMILES string of the molecule is CCCSc1cccc(SC)c1CN. The van der Waals surface area contributed by atoms with E-state index in [4.69, 9.17) is 5.73 Å². The van der Waals surface area contributed by atoms with Crippen LogP contribution in [0.2, 0.25) is 0 Å². The minimum absolute atomic E-state index is 0.642. The fourth-order valence-electron chi connectivity index (χ4n) is 1.29. The monoisotopic (exact) mass is 227 g/mol. The van der Waals surface area contributed by atoms with Crippen LogP contribution in [-0.4, -0.2) is 12.0 Å². The van der Waals surface area contributed by atoms with E-state index in [-0.39, 0.29) is 0 Å². The maximum absolute atomic E-state index is 5.77. The Labute approximate surface area is 94.8 Å². The molecule has 3 heteroatoms. The highest BCUT2D eigenvalue weighted by Crippen LogP contribution is 2.30. The number of hydrogen-bond donors (Lipinski definition) is 1. The summed E-state index contributed by atoms with van der Waals surface area (Å²) in [6.07, 6.45) is 3.31. The molecule has 0 amide bonds. The van der Waals surface area contributed by atoms with Gasteiger partial charge in [-0.2, -0.15) is 0 Å². The Kier molecular flexibility index (Phi) is 5.45. The highest BCUT2D eigenvalue weighted by atomic mass is 32.2. The van der Waals surface area contributed by atoms with Gasteiger partial charge in [0.25, 0.3) is 0 Å². The Bertz CT molecular complexity index is 287. The molecule has 0 unspecified atom stereocenters. The Morgan fingerprint density at radius 2 is 2.00 bits per heavy atom. The third-order valence-corrected chi connectivity index (χ3v) is 4.10. The summed E-state index contributed by atoms with van der Waals surface area (Å²) in [5.74, 6) is 1.17. The minimum atomic E-state index is 0.642. The number of rotatable bonds is 5. The maximum Gasteiger partial charge on any atom is 0.0200 e. The molecule has 0 aliphatic carbocycles. The molecule has 1 aromatic carbocycles. The highest BCUT2D eigenvalue weighted by Gasteiger charge is 2.05. The molecule has 0 aliphatic heterocycles. The van der Waals surface area contributed by atoms with Crippen molar-refractivity contribution in [1.29, 1.82) is 0 Å². The third-order valence-electron chi connectivity index (χ3n) is 1.98. The van der Waals surface area contributed by atoms with Crippen LogP contribution in [0.5, 0.6) is 0 Å². The van der Waals surface area contributed by atoms with Crippen LogP contribution < -0.4 is 5.73 Å². The van der Waals surface area contributed by atoms with Gasteiger partial charge in [-0.05, 0) is 36.1 Å². The summed E-state index contributed by atoms with van der Waals surface area (Å²) < 4.78 is 0. The predicted octanol–water partition coefficient (Wildman–Crippen LogP) is 3.37. The molecule has 0 aliphatic rings. The molecule has 2 N–H and O–H groups in total. The zero-order chi connectivity index (χ0) is 10.4. The van der Waals surface area contributed by atoms with Gasteiger partial charge < -0.3 is 5.73 Å². The van der Waals surface area contributed by atoms with E-state index in [1.54, 1.807) is 11.8 Å². The van der Waals surface area contributed by atoms with Crippen LogP contribution in [0.15, 0.2) is 28.0 Å². The number of hydrogen-bond acceptors (Lipinski definition) is 3. The Morgan fingerprint density at radius 3 is 2.57 bits per heavy atom. The molecule has 0 atom stereocenters. The van der Waals surface area contributed by atoms with E-state index in [0.29, 0.717) is 6.54 Å². The lowest BCUT2D eigenvalue weighted by Crippen LogP contribution is -2.00. The van der Waals surface area contributed by atoms with Crippen molar-refractivity contribution in [3.8, 4) is 0 Å². The smallest absolute Gasteiger partial charge is 0.0200 e. The van der Waals surface area contributed by atoms with Gasteiger partial charge in [0.15, 0.2) is 0 Å². The predicted molar refractivity (Wildman–Crippen MR) is 67.1 cm³/mol. The molecule has 0 saturated heterocycles. The van der Waals surface area contributed by atoms with Crippen molar-refractivity contribution in [2.75, 3.05) is 12.0 Å². The summed E-state index contributed by atoms with van der Waals surface area (Å²) in [4.78, 5) is 2.66. The number of nitrogens with two attached hydrogens (primary N) is 1. The summed E-state index contributed by atoms with van der Waals surface area (Å²) in [6, 6.07) is 6.42. The van der Waals surface area contributed by atoms with Gasteiger partial charge >= 0.3 is 0 Å². The van der Waals surface area contributed by atoms with Gasteiger partial charge in [-0.15, -0.1) is 23.5 Å². The molecule has 14 heavy (non-hydrogen) atoms. The van der Waals surface area contributed by atoms with E-state index in [2.05, 4.69) is 31.4 Å². The van der Waals surface area contributed by atoms with E-state index in [9.17, 15) is 0 Å². The normalized spacial score (nSPS) is 10.5. The second-order valence-corrected chi connectivity index (χ2v) is 4.97. The topological polar surface area (TPSA) is 26.0 Å². The van der Waals surface area contributed by atoms with E-state index < -0.39 is 0 Å². The first-order chi connectivity index (χ1) is 6.83. The molecule has 0 spiro atoms. The van der Waals surface area contributed by atoms with Crippen molar-refractivity contribution in [2.24, 2.45) is 5.73 Å². The molecular weight excluding hydrogens is 210 g/mol. The lowest BCUT2D eigenvalue weighted by Gasteiger charge is -2.10. The summed E-state index contributed by atoms with van der Waals surface area (Å²) in [5, 5.41) is 0. The van der Waals surface area contributed by atoms with Gasteiger partial charge in [-0.25, -0.2) is 0 Å². The average molecular weight is 227 g/mol. The fourth-order valence-corrected chi connectivity index (χ4v) is 2.97. The second kappa shape index (κ2) is 6.38. The van der Waals surface area contributed by atoms with Gasteiger partial charge in [-0.1, -0.05) is 13.0 Å². The van der Waals surface area contributed by atoms with Crippen molar-refractivity contribution in [3.63, 3.8) is 0 Å². The van der Waals surface area contributed by atoms with Gasteiger partial charge in [0.2, 0.25) is 0 Å². The zero-order valence-electron chi connectivity index (χ0n) is 8.75. The maximum atomic E-state index is 5.77. The van der Waals surface area contributed by atoms with Crippen LogP contribution in [-0.2, 0) is 6.54 Å². The molecule has 0 aromatic heterocycles. The van der Waals surface area contributed by atoms with Crippen molar-refractivity contribution in [2.45, 2.75) is 29.7 Å². The molecule has 78 valence electrons. The summed E-state index contributed by atoms with van der Waals surface area (Å²) >= 11 is 3.68. The largest absolute Gasteiger partial charge is 0.326 e. The molecule has 0 radical (unpaired) electrons. The molecule has 0 saturated carbocycles. The highest BCUT2D eigenvalue weighted by molar-refractivity contribution is 7.99.